The summed E-state index contributed by atoms with van der Waals surface area (Å²) in [6, 6.07) is 6.78. The van der Waals surface area contributed by atoms with E-state index in [2.05, 4.69) is 11.3 Å². The molecule has 0 fully saturated rings. The first-order chi connectivity index (χ1) is 7.39. The van der Waals surface area contributed by atoms with Crippen molar-refractivity contribution < 1.29 is 8.42 Å². The topological polar surface area (TPSA) is 72.2 Å². The van der Waals surface area contributed by atoms with Gasteiger partial charge in [-0.15, -0.1) is 0 Å². The van der Waals surface area contributed by atoms with Gasteiger partial charge in [-0.25, -0.2) is 13.1 Å². The van der Waals surface area contributed by atoms with Crippen LogP contribution in [0.4, 0.5) is 5.69 Å². The van der Waals surface area contributed by atoms with Crippen LogP contribution in [0, 0.1) is 0 Å². The Morgan fingerprint density at radius 3 is 2.44 bits per heavy atom. The fourth-order valence-corrected chi connectivity index (χ4v) is 2.32. The van der Waals surface area contributed by atoms with Crippen molar-refractivity contribution in [3.8, 4) is 0 Å². The van der Waals surface area contributed by atoms with Gasteiger partial charge in [0.25, 0.3) is 0 Å². The van der Waals surface area contributed by atoms with E-state index >= 15 is 0 Å². The summed E-state index contributed by atoms with van der Waals surface area (Å²) in [5.41, 5.74) is 7.62. The van der Waals surface area contributed by atoms with Crippen LogP contribution in [0.15, 0.2) is 36.4 Å². The number of nitrogens with one attached hydrogen (secondary N) is 1. The van der Waals surface area contributed by atoms with Crippen LogP contribution in [0.3, 0.4) is 0 Å². The number of hydrogen-bond donors (Lipinski definition) is 2. The van der Waals surface area contributed by atoms with Gasteiger partial charge in [-0.05, 0) is 24.6 Å². The van der Waals surface area contributed by atoms with Gasteiger partial charge < -0.3 is 5.73 Å². The SMILES string of the molecule is C=C(C)CNS(=O)(=O)Cc1ccc(N)cc1. The maximum Gasteiger partial charge on any atom is 0.216 e. The zero-order valence-corrected chi connectivity index (χ0v) is 10.0. The highest BCUT2D eigenvalue weighted by molar-refractivity contribution is 7.88. The zero-order chi connectivity index (χ0) is 12.2. The summed E-state index contributed by atoms with van der Waals surface area (Å²) in [5, 5.41) is 0. The first-order valence-corrected chi connectivity index (χ1v) is 6.50. The summed E-state index contributed by atoms with van der Waals surface area (Å²) in [6.07, 6.45) is 0. The highest BCUT2D eigenvalue weighted by Gasteiger charge is 2.10. The lowest BCUT2D eigenvalue weighted by Crippen LogP contribution is -2.26. The van der Waals surface area contributed by atoms with E-state index in [1.165, 1.54) is 0 Å². The highest BCUT2D eigenvalue weighted by Crippen LogP contribution is 2.08. The Labute approximate surface area is 96.2 Å². The Morgan fingerprint density at radius 2 is 1.94 bits per heavy atom. The maximum absolute atomic E-state index is 11.6. The molecular weight excluding hydrogens is 224 g/mol. The molecule has 0 heterocycles. The summed E-state index contributed by atoms with van der Waals surface area (Å²) in [5.74, 6) is -0.0411. The number of sulfonamides is 1. The van der Waals surface area contributed by atoms with Crippen molar-refractivity contribution in [3.63, 3.8) is 0 Å². The second kappa shape index (κ2) is 5.14. The monoisotopic (exact) mass is 240 g/mol. The van der Waals surface area contributed by atoms with Crippen molar-refractivity contribution in [1.29, 1.82) is 0 Å². The third kappa shape index (κ3) is 4.46. The van der Waals surface area contributed by atoms with Crippen molar-refractivity contribution in [3.05, 3.63) is 42.0 Å². The van der Waals surface area contributed by atoms with E-state index < -0.39 is 10.0 Å². The Morgan fingerprint density at radius 1 is 1.38 bits per heavy atom. The normalized spacial score (nSPS) is 11.3. The third-order valence-electron chi connectivity index (χ3n) is 1.93. The van der Waals surface area contributed by atoms with Crippen LogP contribution < -0.4 is 10.5 Å². The van der Waals surface area contributed by atoms with Gasteiger partial charge in [-0.2, -0.15) is 0 Å². The van der Waals surface area contributed by atoms with Gasteiger partial charge in [-0.3, -0.25) is 0 Å². The smallest absolute Gasteiger partial charge is 0.216 e. The Kier molecular flexibility index (Phi) is 4.09. The standard InChI is InChI=1S/C11H16N2O2S/c1-9(2)7-13-16(14,15)8-10-3-5-11(12)6-4-10/h3-6,13H,1,7-8,12H2,2H3. The molecule has 0 saturated heterocycles. The molecule has 0 saturated carbocycles. The van der Waals surface area contributed by atoms with E-state index in [-0.39, 0.29) is 12.3 Å². The maximum atomic E-state index is 11.6. The lowest BCUT2D eigenvalue weighted by molar-refractivity contribution is 0.584. The molecule has 1 aromatic carbocycles. The first kappa shape index (κ1) is 12.7. The molecule has 0 aliphatic heterocycles. The molecule has 0 aromatic heterocycles. The second-order valence-corrected chi connectivity index (χ2v) is 5.59. The molecule has 5 heteroatoms. The van der Waals surface area contributed by atoms with E-state index in [0.717, 1.165) is 5.57 Å². The van der Waals surface area contributed by atoms with Crippen molar-refractivity contribution >= 4 is 15.7 Å². The summed E-state index contributed by atoms with van der Waals surface area (Å²) in [7, 11) is -3.29. The molecule has 4 nitrogen and oxygen atoms in total. The van der Waals surface area contributed by atoms with Gasteiger partial charge in [0.05, 0.1) is 5.75 Å². The van der Waals surface area contributed by atoms with Crippen molar-refractivity contribution in [2.75, 3.05) is 12.3 Å². The summed E-state index contributed by atoms with van der Waals surface area (Å²) >= 11 is 0. The molecule has 0 aliphatic rings. The Hall–Kier alpha value is -1.33. The molecule has 1 aromatic rings. The lowest BCUT2D eigenvalue weighted by atomic mass is 10.2. The molecule has 0 radical (unpaired) electrons. The van der Waals surface area contributed by atoms with Gasteiger partial charge in [0.2, 0.25) is 10.0 Å². The second-order valence-electron chi connectivity index (χ2n) is 3.78. The molecule has 0 spiro atoms. The molecule has 16 heavy (non-hydrogen) atoms. The van der Waals surface area contributed by atoms with Gasteiger partial charge >= 0.3 is 0 Å². The van der Waals surface area contributed by atoms with Crippen molar-refractivity contribution in [1.82, 2.24) is 4.72 Å². The van der Waals surface area contributed by atoms with Crippen LogP contribution in [0.25, 0.3) is 0 Å². The van der Waals surface area contributed by atoms with Gasteiger partial charge in [0.15, 0.2) is 0 Å². The van der Waals surface area contributed by atoms with Gasteiger partial charge in [0, 0.05) is 12.2 Å². The molecule has 0 bridgehead atoms. The average molecular weight is 240 g/mol. The van der Waals surface area contributed by atoms with Gasteiger partial charge in [-0.1, -0.05) is 24.3 Å². The minimum atomic E-state index is -3.29. The molecule has 0 amide bonds. The van der Waals surface area contributed by atoms with Gasteiger partial charge in [0.1, 0.15) is 0 Å². The predicted octanol–water partition coefficient (Wildman–Crippen LogP) is 1.26. The predicted molar refractivity (Wildman–Crippen MR) is 66.3 cm³/mol. The number of nitrogens with two attached hydrogens (primary N) is 1. The third-order valence-corrected chi connectivity index (χ3v) is 3.23. The fourth-order valence-electron chi connectivity index (χ4n) is 1.12. The molecule has 0 atom stereocenters. The van der Waals surface area contributed by atoms with Crippen LogP contribution >= 0.6 is 0 Å². The minimum absolute atomic E-state index is 0.0411. The Bertz CT molecular complexity index is 463. The molecular formula is C11H16N2O2S. The molecule has 0 unspecified atom stereocenters. The quantitative estimate of drug-likeness (QED) is 0.601. The summed E-state index contributed by atoms with van der Waals surface area (Å²) in [6.45, 7) is 5.68. The van der Waals surface area contributed by atoms with Crippen molar-refractivity contribution in [2.24, 2.45) is 0 Å². The first-order valence-electron chi connectivity index (χ1n) is 4.85. The van der Waals surface area contributed by atoms with Crippen LogP contribution in [0.1, 0.15) is 12.5 Å². The summed E-state index contributed by atoms with van der Waals surface area (Å²) in [4.78, 5) is 0. The van der Waals surface area contributed by atoms with Crippen LogP contribution in [-0.4, -0.2) is 15.0 Å². The number of hydrogen-bond acceptors (Lipinski definition) is 3. The van der Waals surface area contributed by atoms with E-state index in [1.54, 1.807) is 31.2 Å². The van der Waals surface area contributed by atoms with Crippen LogP contribution in [0.5, 0.6) is 0 Å². The molecule has 0 aliphatic carbocycles. The largest absolute Gasteiger partial charge is 0.399 e. The minimum Gasteiger partial charge on any atom is -0.399 e. The average Bonchev–Trinajstić information content (AvgIpc) is 2.19. The van der Waals surface area contributed by atoms with E-state index in [9.17, 15) is 8.42 Å². The molecule has 3 N–H and O–H groups in total. The molecule has 88 valence electrons. The summed E-state index contributed by atoms with van der Waals surface area (Å²) < 4.78 is 25.7. The van der Waals surface area contributed by atoms with Crippen molar-refractivity contribution in [2.45, 2.75) is 12.7 Å². The number of anilines is 1. The zero-order valence-electron chi connectivity index (χ0n) is 9.23. The lowest BCUT2D eigenvalue weighted by Gasteiger charge is -2.06. The Balaban J connectivity index is 2.65. The van der Waals surface area contributed by atoms with E-state index in [1.807, 2.05) is 0 Å². The highest BCUT2D eigenvalue weighted by atomic mass is 32.2. The fraction of sp³-hybridized carbons (Fsp3) is 0.273. The number of rotatable bonds is 5. The van der Waals surface area contributed by atoms with E-state index in [4.69, 9.17) is 5.73 Å². The van der Waals surface area contributed by atoms with Crippen LogP contribution in [0.2, 0.25) is 0 Å². The molecule has 1 rings (SSSR count). The number of benzene rings is 1. The van der Waals surface area contributed by atoms with Crippen LogP contribution in [-0.2, 0) is 15.8 Å². The number of nitrogen functional groups attached to an aromatic ring is 1. The van der Waals surface area contributed by atoms with E-state index in [0.29, 0.717) is 11.3 Å².